The molecule has 0 aromatic heterocycles. The maximum atomic E-state index is 13.9. The van der Waals surface area contributed by atoms with E-state index in [0.717, 1.165) is 17.7 Å². The minimum absolute atomic E-state index is 0.0264. The van der Waals surface area contributed by atoms with Gasteiger partial charge >= 0.3 is 12.1 Å². The summed E-state index contributed by atoms with van der Waals surface area (Å²) in [5, 5.41) is 11.2. The average molecular weight is 319 g/mol. The van der Waals surface area contributed by atoms with Gasteiger partial charge in [0.25, 0.3) is 0 Å². The second-order valence-corrected chi connectivity index (χ2v) is 4.52. The number of ether oxygens (including phenoxy) is 2. The van der Waals surface area contributed by atoms with Crippen molar-refractivity contribution < 1.29 is 28.6 Å². The van der Waals surface area contributed by atoms with E-state index in [4.69, 9.17) is 14.6 Å². The van der Waals surface area contributed by atoms with E-state index >= 15 is 0 Å². The van der Waals surface area contributed by atoms with Crippen molar-refractivity contribution in [1.29, 1.82) is 0 Å². The van der Waals surface area contributed by atoms with Gasteiger partial charge in [-0.15, -0.1) is 0 Å². The Morgan fingerprint density at radius 2 is 1.91 bits per heavy atom. The van der Waals surface area contributed by atoms with Crippen molar-refractivity contribution >= 4 is 17.7 Å². The van der Waals surface area contributed by atoms with Crippen LogP contribution in [0.5, 0.6) is 5.75 Å². The molecular weight excluding hydrogens is 305 g/mol. The predicted octanol–water partition coefficient (Wildman–Crippen LogP) is 3.28. The molecular formula is C16H14FNO5. The Morgan fingerprint density at radius 3 is 2.52 bits per heavy atom. The molecule has 0 atom stereocenters. The van der Waals surface area contributed by atoms with Crippen molar-refractivity contribution in [2.45, 2.75) is 6.61 Å². The van der Waals surface area contributed by atoms with Gasteiger partial charge in [-0.2, -0.15) is 0 Å². The van der Waals surface area contributed by atoms with Gasteiger partial charge in [0, 0.05) is 6.07 Å². The molecule has 0 aliphatic carbocycles. The summed E-state index contributed by atoms with van der Waals surface area (Å²) in [6.45, 7) is 0.0264. The van der Waals surface area contributed by atoms with Gasteiger partial charge in [0.1, 0.15) is 23.7 Å². The number of hydrogen-bond acceptors (Lipinski definition) is 4. The third-order valence-electron chi connectivity index (χ3n) is 2.97. The van der Waals surface area contributed by atoms with E-state index in [1.54, 1.807) is 24.3 Å². The number of halogens is 1. The van der Waals surface area contributed by atoms with E-state index in [1.165, 1.54) is 7.11 Å². The van der Waals surface area contributed by atoms with Gasteiger partial charge in [0.05, 0.1) is 12.8 Å². The van der Waals surface area contributed by atoms with Gasteiger partial charge in [-0.3, -0.25) is 5.32 Å². The summed E-state index contributed by atoms with van der Waals surface area (Å²) in [6.07, 6.45) is -0.863. The number of rotatable bonds is 5. The molecule has 0 saturated heterocycles. The molecule has 0 radical (unpaired) electrons. The largest absolute Gasteiger partial charge is 0.496 e. The third-order valence-corrected chi connectivity index (χ3v) is 2.97. The lowest BCUT2D eigenvalue weighted by Crippen LogP contribution is -2.15. The van der Waals surface area contributed by atoms with Gasteiger partial charge in [0.2, 0.25) is 0 Å². The molecule has 2 aromatic rings. The number of aromatic carboxylic acids is 1. The van der Waals surface area contributed by atoms with Crippen LogP contribution in [0.4, 0.5) is 14.9 Å². The Hall–Kier alpha value is -3.09. The van der Waals surface area contributed by atoms with Gasteiger partial charge < -0.3 is 14.6 Å². The van der Waals surface area contributed by atoms with Crippen LogP contribution in [0.2, 0.25) is 0 Å². The highest BCUT2D eigenvalue weighted by Gasteiger charge is 2.17. The second kappa shape index (κ2) is 7.26. The zero-order valence-electron chi connectivity index (χ0n) is 12.2. The van der Waals surface area contributed by atoms with Crippen LogP contribution >= 0.6 is 0 Å². The summed E-state index contributed by atoms with van der Waals surface area (Å²) in [5.74, 6) is -2.31. The lowest BCUT2D eigenvalue weighted by Gasteiger charge is -2.11. The number of methoxy groups -OCH3 is 1. The first-order valence-corrected chi connectivity index (χ1v) is 6.59. The van der Waals surface area contributed by atoms with Crippen molar-refractivity contribution in [2.24, 2.45) is 0 Å². The van der Waals surface area contributed by atoms with Crippen molar-refractivity contribution in [1.82, 2.24) is 0 Å². The van der Waals surface area contributed by atoms with Crippen LogP contribution in [0.25, 0.3) is 0 Å². The fourth-order valence-electron chi connectivity index (χ4n) is 1.85. The number of hydrogen-bond donors (Lipinski definition) is 2. The van der Waals surface area contributed by atoms with Crippen molar-refractivity contribution in [3.8, 4) is 5.75 Å². The van der Waals surface area contributed by atoms with Gasteiger partial charge in [-0.05, 0) is 11.6 Å². The minimum atomic E-state index is -1.33. The Labute approximate surface area is 131 Å². The molecule has 2 N–H and O–H groups in total. The number of benzene rings is 2. The van der Waals surface area contributed by atoms with E-state index in [9.17, 15) is 14.0 Å². The molecule has 6 nitrogen and oxygen atoms in total. The summed E-state index contributed by atoms with van der Waals surface area (Å²) >= 11 is 0. The lowest BCUT2D eigenvalue weighted by molar-refractivity contribution is 0.0692. The standard InChI is InChI=1S/C16H14FNO5/c1-22-14-8-13(12(17)7-11(14)15(19)20)18-16(21)23-9-10-5-3-2-4-6-10/h2-8H,9H2,1H3,(H,18,21)(H,19,20). The maximum absolute atomic E-state index is 13.9. The van der Waals surface area contributed by atoms with Crippen molar-refractivity contribution in [2.75, 3.05) is 12.4 Å². The summed E-state index contributed by atoms with van der Waals surface area (Å²) in [7, 11) is 1.25. The number of nitrogens with one attached hydrogen (secondary N) is 1. The minimum Gasteiger partial charge on any atom is -0.496 e. The first kappa shape index (κ1) is 16.3. The third kappa shape index (κ3) is 4.19. The smallest absolute Gasteiger partial charge is 0.412 e. The summed E-state index contributed by atoms with van der Waals surface area (Å²) in [5.41, 5.74) is 0.208. The van der Waals surface area contributed by atoms with E-state index in [1.807, 2.05) is 6.07 Å². The molecule has 0 fully saturated rings. The van der Waals surface area contributed by atoms with Crippen LogP contribution in [0.15, 0.2) is 42.5 Å². The van der Waals surface area contributed by atoms with Crippen LogP contribution < -0.4 is 10.1 Å². The molecule has 0 aliphatic heterocycles. The van der Waals surface area contributed by atoms with Crippen LogP contribution in [0, 0.1) is 5.82 Å². The molecule has 2 rings (SSSR count). The molecule has 7 heteroatoms. The second-order valence-electron chi connectivity index (χ2n) is 4.52. The predicted molar refractivity (Wildman–Crippen MR) is 80.2 cm³/mol. The first-order valence-electron chi connectivity index (χ1n) is 6.59. The number of carboxylic acids is 1. The maximum Gasteiger partial charge on any atom is 0.412 e. The monoisotopic (exact) mass is 319 g/mol. The molecule has 23 heavy (non-hydrogen) atoms. The lowest BCUT2D eigenvalue weighted by atomic mass is 10.1. The summed E-state index contributed by atoms with van der Waals surface area (Å²) < 4.78 is 23.7. The Morgan fingerprint density at radius 1 is 1.22 bits per heavy atom. The SMILES string of the molecule is COc1cc(NC(=O)OCc2ccccc2)c(F)cc1C(=O)O. The number of amides is 1. The first-order chi connectivity index (χ1) is 11.0. The molecule has 1 amide bonds. The zero-order chi connectivity index (χ0) is 16.8. The van der Waals surface area contributed by atoms with E-state index in [0.29, 0.717) is 0 Å². The molecule has 0 heterocycles. The topological polar surface area (TPSA) is 84.9 Å². The number of carbonyl (C=O) groups excluding carboxylic acids is 1. The quantitative estimate of drug-likeness (QED) is 0.883. The molecule has 0 saturated carbocycles. The zero-order valence-corrected chi connectivity index (χ0v) is 12.2. The molecule has 2 aromatic carbocycles. The Balaban J connectivity index is 2.07. The van der Waals surface area contributed by atoms with Crippen molar-refractivity contribution in [3.63, 3.8) is 0 Å². The Kier molecular flexibility index (Phi) is 5.14. The van der Waals surface area contributed by atoms with Crippen LogP contribution in [0.3, 0.4) is 0 Å². The fourth-order valence-corrected chi connectivity index (χ4v) is 1.85. The summed E-state index contributed by atoms with van der Waals surface area (Å²) in [4.78, 5) is 22.7. The highest BCUT2D eigenvalue weighted by molar-refractivity contribution is 5.93. The molecule has 0 bridgehead atoms. The Bertz CT molecular complexity index is 718. The van der Waals surface area contributed by atoms with Gasteiger partial charge in [-0.25, -0.2) is 14.0 Å². The van der Waals surface area contributed by atoms with Crippen LogP contribution in [0.1, 0.15) is 15.9 Å². The van der Waals surface area contributed by atoms with Crippen LogP contribution in [-0.2, 0) is 11.3 Å². The number of anilines is 1. The van der Waals surface area contributed by atoms with Crippen molar-refractivity contribution in [3.05, 3.63) is 59.4 Å². The number of carboxylic acid groups (broad SMARTS) is 1. The molecule has 0 spiro atoms. The fraction of sp³-hybridized carbons (Fsp3) is 0.125. The van der Waals surface area contributed by atoms with Gasteiger partial charge in [0.15, 0.2) is 0 Å². The normalized spacial score (nSPS) is 10.0. The average Bonchev–Trinajstić information content (AvgIpc) is 2.55. The molecule has 0 aliphatic rings. The highest BCUT2D eigenvalue weighted by Crippen LogP contribution is 2.26. The molecule has 0 unspecified atom stereocenters. The highest BCUT2D eigenvalue weighted by atomic mass is 19.1. The van der Waals surface area contributed by atoms with Crippen LogP contribution in [-0.4, -0.2) is 24.3 Å². The van der Waals surface area contributed by atoms with E-state index in [2.05, 4.69) is 5.32 Å². The molecule has 120 valence electrons. The van der Waals surface area contributed by atoms with E-state index in [-0.39, 0.29) is 23.6 Å². The number of carbonyl (C=O) groups is 2. The summed E-state index contributed by atoms with van der Waals surface area (Å²) in [6, 6.07) is 10.8. The van der Waals surface area contributed by atoms with E-state index < -0.39 is 17.9 Å². The van der Waals surface area contributed by atoms with Gasteiger partial charge in [-0.1, -0.05) is 30.3 Å².